The average Bonchev–Trinajstić information content (AvgIpc) is 2.99. The third-order valence-corrected chi connectivity index (χ3v) is 6.06. The van der Waals surface area contributed by atoms with Crippen LogP contribution in [0.3, 0.4) is 0 Å². The van der Waals surface area contributed by atoms with Crippen LogP contribution in [0.15, 0.2) is 48.5 Å². The van der Waals surface area contributed by atoms with Crippen LogP contribution < -0.4 is 0 Å². The van der Waals surface area contributed by atoms with Gasteiger partial charge in [0, 0.05) is 39.0 Å². The van der Waals surface area contributed by atoms with E-state index in [-0.39, 0.29) is 18.0 Å². The molecule has 9 heteroatoms. The van der Waals surface area contributed by atoms with Crippen molar-refractivity contribution in [2.24, 2.45) is 0 Å². The van der Waals surface area contributed by atoms with Crippen molar-refractivity contribution in [3.05, 3.63) is 69.3 Å². The minimum Gasteiger partial charge on any atom is -0.477 e. The van der Waals surface area contributed by atoms with Gasteiger partial charge in [0.05, 0.1) is 11.4 Å². The first-order valence-corrected chi connectivity index (χ1v) is 11.6. The van der Waals surface area contributed by atoms with Crippen LogP contribution in [0.1, 0.15) is 10.5 Å². The van der Waals surface area contributed by atoms with E-state index in [4.69, 9.17) is 34.8 Å². The Labute approximate surface area is 183 Å². The number of aromatic nitrogens is 1. The second kappa shape index (κ2) is 8.40. The fourth-order valence-corrected chi connectivity index (χ4v) is 4.20. The Kier molecular flexibility index (Phi) is 6.29. The molecule has 1 aromatic heterocycles. The molecular formula is C20H16Cl3NO4S. The van der Waals surface area contributed by atoms with E-state index in [1.54, 1.807) is 42.5 Å². The molecule has 5 nitrogen and oxygen atoms in total. The highest BCUT2D eigenvalue weighted by Gasteiger charge is 2.23. The maximum Gasteiger partial charge on any atom is 0.352 e. The van der Waals surface area contributed by atoms with Gasteiger partial charge in [0.1, 0.15) is 15.5 Å². The summed E-state index contributed by atoms with van der Waals surface area (Å²) in [5, 5.41) is 11.1. The van der Waals surface area contributed by atoms with Crippen LogP contribution in [0.2, 0.25) is 15.1 Å². The van der Waals surface area contributed by atoms with Crippen LogP contribution >= 0.6 is 34.8 Å². The Morgan fingerprint density at radius 3 is 2.14 bits per heavy atom. The molecule has 29 heavy (non-hydrogen) atoms. The highest BCUT2D eigenvalue weighted by molar-refractivity contribution is 7.90. The molecule has 0 radical (unpaired) electrons. The molecule has 0 amide bonds. The monoisotopic (exact) mass is 471 g/mol. The standard InChI is InChI=1S/C20H16Cl3NO4S/c1-29(27,28)9-8-24-18(20(25)26)11-16(15-7-6-14(22)10-17(15)23)19(24)12-2-4-13(21)5-3-12/h2-7,10-11H,8-9H2,1H3,(H,25,26). The van der Waals surface area contributed by atoms with Crippen LogP contribution in [0.25, 0.3) is 22.4 Å². The Bertz CT molecular complexity index is 1190. The van der Waals surface area contributed by atoms with Crippen molar-refractivity contribution >= 4 is 50.6 Å². The van der Waals surface area contributed by atoms with E-state index >= 15 is 0 Å². The van der Waals surface area contributed by atoms with Crippen LogP contribution in [0.5, 0.6) is 0 Å². The SMILES string of the molecule is CS(=O)(=O)CCn1c(C(=O)O)cc(-c2ccc(Cl)cc2Cl)c1-c1ccc(Cl)cc1. The van der Waals surface area contributed by atoms with Crippen molar-refractivity contribution in [1.29, 1.82) is 0 Å². The smallest absolute Gasteiger partial charge is 0.352 e. The first-order valence-electron chi connectivity index (χ1n) is 8.43. The van der Waals surface area contributed by atoms with E-state index in [9.17, 15) is 18.3 Å². The van der Waals surface area contributed by atoms with E-state index < -0.39 is 15.8 Å². The number of carboxylic acids is 1. The number of hydrogen-bond acceptors (Lipinski definition) is 3. The molecule has 3 aromatic rings. The fraction of sp³-hybridized carbons (Fsp3) is 0.150. The van der Waals surface area contributed by atoms with Crippen molar-refractivity contribution < 1.29 is 18.3 Å². The second-order valence-electron chi connectivity index (χ2n) is 6.51. The molecule has 0 saturated heterocycles. The molecule has 3 rings (SSSR count). The van der Waals surface area contributed by atoms with E-state index in [0.717, 1.165) is 6.26 Å². The molecule has 0 aliphatic heterocycles. The van der Waals surface area contributed by atoms with Gasteiger partial charge in [0.15, 0.2) is 0 Å². The number of benzene rings is 2. The highest BCUT2D eigenvalue weighted by atomic mass is 35.5. The molecule has 0 saturated carbocycles. The Morgan fingerprint density at radius 2 is 1.59 bits per heavy atom. The van der Waals surface area contributed by atoms with Gasteiger partial charge in [0.2, 0.25) is 0 Å². The topological polar surface area (TPSA) is 76.4 Å². The zero-order valence-electron chi connectivity index (χ0n) is 15.2. The fourth-order valence-electron chi connectivity index (χ4n) is 3.05. The lowest BCUT2D eigenvalue weighted by atomic mass is 10.0. The van der Waals surface area contributed by atoms with Gasteiger partial charge in [-0.3, -0.25) is 0 Å². The van der Waals surface area contributed by atoms with Gasteiger partial charge < -0.3 is 9.67 Å². The quantitative estimate of drug-likeness (QED) is 0.512. The molecule has 0 unspecified atom stereocenters. The van der Waals surface area contributed by atoms with Crippen molar-refractivity contribution in [3.63, 3.8) is 0 Å². The Morgan fingerprint density at radius 1 is 0.966 bits per heavy atom. The molecular weight excluding hydrogens is 457 g/mol. The summed E-state index contributed by atoms with van der Waals surface area (Å²) in [6, 6.07) is 13.3. The van der Waals surface area contributed by atoms with Gasteiger partial charge >= 0.3 is 5.97 Å². The number of carbonyl (C=O) groups is 1. The van der Waals surface area contributed by atoms with E-state index in [1.165, 1.54) is 10.6 Å². The van der Waals surface area contributed by atoms with Crippen molar-refractivity contribution in [1.82, 2.24) is 4.57 Å². The number of hydrogen-bond donors (Lipinski definition) is 1. The van der Waals surface area contributed by atoms with Crippen molar-refractivity contribution in [2.45, 2.75) is 6.54 Å². The van der Waals surface area contributed by atoms with Gasteiger partial charge in [-0.15, -0.1) is 0 Å². The first-order chi connectivity index (χ1) is 13.6. The summed E-state index contributed by atoms with van der Waals surface area (Å²) >= 11 is 18.4. The Hall–Kier alpha value is -1.99. The van der Waals surface area contributed by atoms with E-state index in [1.807, 2.05) is 0 Å². The van der Waals surface area contributed by atoms with Gasteiger partial charge in [-0.25, -0.2) is 13.2 Å². The summed E-state index contributed by atoms with van der Waals surface area (Å²) in [4.78, 5) is 11.9. The normalized spacial score (nSPS) is 11.6. The number of halogens is 3. The number of sulfone groups is 1. The largest absolute Gasteiger partial charge is 0.477 e. The summed E-state index contributed by atoms with van der Waals surface area (Å²) < 4.78 is 24.9. The minimum absolute atomic E-state index is 0.0242. The zero-order valence-corrected chi connectivity index (χ0v) is 18.3. The molecule has 0 aliphatic rings. The molecule has 0 fully saturated rings. The van der Waals surface area contributed by atoms with Gasteiger partial charge in [-0.05, 0) is 35.9 Å². The number of rotatable bonds is 6. The van der Waals surface area contributed by atoms with Crippen molar-refractivity contribution in [2.75, 3.05) is 12.0 Å². The van der Waals surface area contributed by atoms with Crippen molar-refractivity contribution in [3.8, 4) is 22.4 Å². The predicted octanol–water partition coefficient (Wildman–Crippen LogP) is 5.53. The maximum atomic E-state index is 11.9. The molecule has 1 heterocycles. The molecule has 0 atom stereocenters. The molecule has 1 N–H and O–H groups in total. The van der Waals surface area contributed by atoms with Crippen LogP contribution in [0, 0.1) is 0 Å². The molecule has 2 aromatic carbocycles. The molecule has 0 bridgehead atoms. The molecule has 0 spiro atoms. The highest BCUT2D eigenvalue weighted by Crippen LogP contribution is 2.40. The van der Waals surface area contributed by atoms with Crippen LogP contribution in [-0.4, -0.2) is 36.1 Å². The summed E-state index contributed by atoms with van der Waals surface area (Å²) in [5.41, 5.74) is 2.31. The predicted molar refractivity (Wildman–Crippen MR) is 117 cm³/mol. The summed E-state index contributed by atoms with van der Waals surface area (Å²) in [5.74, 6) is -1.39. The third-order valence-electron chi connectivity index (χ3n) is 4.34. The van der Waals surface area contributed by atoms with E-state index in [0.29, 0.717) is 37.5 Å². The summed E-state index contributed by atoms with van der Waals surface area (Å²) in [6.07, 6.45) is 1.11. The maximum absolute atomic E-state index is 11.9. The lowest BCUT2D eigenvalue weighted by Gasteiger charge is -2.14. The number of aromatic carboxylic acids is 1. The lowest BCUT2D eigenvalue weighted by molar-refractivity contribution is 0.0685. The van der Waals surface area contributed by atoms with E-state index in [2.05, 4.69) is 0 Å². The number of nitrogens with zero attached hydrogens (tertiary/aromatic N) is 1. The molecule has 0 aliphatic carbocycles. The molecule has 152 valence electrons. The Balaban J connectivity index is 2.32. The minimum atomic E-state index is -3.32. The van der Waals surface area contributed by atoms with Gasteiger partial charge in [0.25, 0.3) is 0 Å². The summed E-state index contributed by atoms with van der Waals surface area (Å²) in [7, 11) is -3.32. The first kappa shape index (κ1) is 21.7. The third kappa shape index (κ3) is 4.95. The average molecular weight is 473 g/mol. The second-order valence-corrected chi connectivity index (χ2v) is 10.0. The lowest BCUT2D eigenvalue weighted by Crippen LogP contribution is -2.16. The number of carboxylic acid groups (broad SMARTS) is 1. The summed E-state index contributed by atoms with van der Waals surface area (Å²) in [6.45, 7) is -0.0242. The van der Waals surface area contributed by atoms with Crippen LogP contribution in [0.4, 0.5) is 0 Å². The zero-order chi connectivity index (χ0) is 21.3. The van der Waals surface area contributed by atoms with Gasteiger partial charge in [-0.1, -0.05) is 53.0 Å². The van der Waals surface area contributed by atoms with Gasteiger partial charge in [-0.2, -0.15) is 0 Å². The van der Waals surface area contributed by atoms with Crippen LogP contribution in [-0.2, 0) is 16.4 Å².